The molecule has 0 bridgehead atoms. The van der Waals surface area contributed by atoms with E-state index in [4.69, 9.17) is 6.64 Å². The van der Waals surface area contributed by atoms with Gasteiger partial charge in [-0.15, -0.1) is 0 Å². The van der Waals surface area contributed by atoms with Crippen molar-refractivity contribution in [2.45, 2.75) is 71.1 Å². The summed E-state index contributed by atoms with van der Waals surface area (Å²) in [5.41, 5.74) is 0. The van der Waals surface area contributed by atoms with Gasteiger partial charge in [0.05, 0.1) is 0 Å². The first-order valence-corrected chi connectivity index (χ1v) is 16.5. The third-order valence-corrected chi connectivity index (χ3v) is 12.7. The second-order valence-corrected chi connectivity index (χ2v) is 14.8. The molecular formula is C30H40O3Ti. The average Bonchev–Trinajstić information content (AvgIpc) is 2.89. The number of rotatable bonds is 16. The van der Waals surface area contributed by atoms with Crippen molar-refractivity contribution in [1.29, 1.82) is 0 Å². The molecule has 0 spiro atoms. The molecule has 3 aromatic carbocycles. The fraction of sp³-hybridized carbons (Fsp3) is 0.400. The maximum absolute atomic E-state index is 15.3. The van der Waals surface area contributed by atoms with Crippen LogP contribution in [0.25, 0.3) is 0 Å². The molecule has 0 aliphatic rings. The van der Waals surface area contributed by atoms with Crippen LogP contribution in [0.15, 0.2) is 91.0 Å². The SMILES string of the molecule is CCCCCCCCCCCC[O][Ti](=[O])([O]c1ccccc1)([c]1ccccc1)[c]1ccccc1. The van der Waals surface area contributed by atoms with Crippen LogP contribution in [-0.2, 0) is 22.7 Å². The van der Waals surface area contributed by atoms with E-state index in [9.17, 15) is 0 Å². The molecule has 0 aliphatic carbocycles. The van der Waals surface area contributed by atoms with Gasteiger partial charge in [0.2, 0.25) is 0 Å². The zero-order valence-corrected chi connectivity index (χ0v) is 22.2. The molecule has 0 unspecified atom stereocenters. The van der Waals surface area contributed by atoms with E-state index in [0.29, 0.717) is 20.1 Å². The van der Waals surface area contributed by atoms with Crippen LogP contribution in [0.3, 0.4) is 0 Å². The molecule has 0 saturated carbocycles. The van der Waals surface area contributed by atoms with E-state index < -0.39 is 16.1 Å². The number of hydrogen-bond acceptors (Lipinski definition) is 3. The van der Waals surface area contributed by atoms with E-state index in [1.54, 1.807) is 0 Å². The third kappa shape index (κ3) is 7.22. The first kappa shape index (κ1) is 26.5. The van der Waals surface area contributed by atoms with Crippen LogP contribution in [0, 0.1) is 0 Å². The minimum absolute atomic E-state index is 0.411. The van der Waals surface area contributed by atoms with Gasteiger partial charge in [-0.3, -0.25) is 0 Å². The van der Waals surface area contributed by atoms with E-state index in [2.05, 4.69) is 6.92 Å². The summed E-state index contributed by atoms with van der Waals surface area (Å²) < 4.78 is 29.5. The van der Waals surface area contributed by atoms with Gasteiger partial charge in [0.25, 0.3) is 0 Å². The van der Waals surface area contributed by atoms with Gasteiger partial charge in [-0.1, -0.05) is 6.92 Å². The predicted octanol–water partition coefficient (Wildman–Crippen LogP) is 7.52. The van der Waals surface area contributed by atoms with Crippen LogP contribution in [0.2, 0.25) is 0 Å². The Bertz CT molecular complexity index is 959. The Morgan fingerprint density at radius 3 is 1.44 bits per heavy atom. The van der Waals surface area contributed by atoms with Crippen LogP contribution in [-0.4, -0.2) is 6.61 Å². The van der Waals surface area contributed by atoms with Crippen molar-refractivity contribution in [1.82, 2.24) is 0 Å². The number of benzene rings is 3. The van der Waals surface area contributed by atoms with Crippen molar-refractivity contribution >= 4 is 7.74 Å². The van der Waals surface area contributed by atoms with Crippen LogP contribution in [0.1, 0.15) is 71.1 Å². The van der Waals surface area contributed by atoms with E-state index in [1.165, 1.54) is 51.4 Å². The molecule has 0 N–H and O–H groups in total. The average molecular weight is 497 g/mol. The molecular weight excluding hydrogens is 456 g/mol. The Labute approximate surface area is 207 Å². The second-order valence-electron chi connectivity index (χ2n) is 9.16. The summed E-state index contributed by atoms with van der Waals surface area (Å²) in [7, 11) is 0. The summed E-state index contributed by atoms with van der Waals surface area (Å²) in [6.45, 7) is 2.67. The number of unbranched alkanes of at least 4 members (excludes halogenated alkanes) is 9. The van der Waals surface area contributed by atoms with Gasteiger partial charge in [-0.25, -0.2) is 0 Å². The van der Waals surface area contributed by atoms with Crippen LogP contribution in [0.5, 0.6) is 5.75 Å². The summed E-state index contributed by atoms with van der Waals surface area (Å²) >= 11 is -5.55. The molecule has 0 aliphatic heterocycles. The second kappa shape index (κ2) is 13.7. The van der Waals surface area contributed by atoms with Crippen molar-refractivity contribution in [3.63, 3.8) is 0 Å². The molecule has 0 aromatic heterocycles. The zero-order valence-electron chi connectivity index (χ0n) is 20.7. The van der Waals surface area contributed by atoms with Gasteiger partial charge in [0.1, 0.15) is 0 Å². The molecule has 3 rings (SSSR count). The summed E-state index contributed by atoms with van der Waals surface area (Å²) in [6, 6.07) is 28.3. The Hall–Kier alpha value is -2.07. The fourth-order valence-electron chi connectivity index (χ4n) is 4.48. The summed E-state index contributed by atoms with van der Waals surface area (Å²) in [6.07, 6.45) is 12.4. The molecule has 0 fully saturated rings. The number of hydrogen-bond donors (Lipinski definition) is 0. The molecule has 0 amide bonds. The predicted molar refractivity (Wildman–Crippen MR) is 138 cm³/mol. The molecule has 0 saturated heterocycles. The standard InChI is InChI=1S/C12H25O.C6H6O.2C6H5.O.Ti/c1-2-3-4-5-6-7-8-9-10-11-12-13;7-6-4-2-1-3-5-6;2*1-2-4-6-5-3-1;;/h2-12H2,1H3;1-5,7H;2*1-5H;;/q-1;;;;;+2/p-1. The van der Waals surface area contributed by atoms with Gasteiger partial charge < -0.3 is 0 Å². The summed E-state index contributed by atoms with van der Waals surface area (Å²) in [5.74, 6) is 0.560. The molecule has 182 valence electrons. The summed E-state index contributed by atoms with van der Waals surface area (Å²) in [4.78, 5) is 0. The van der Waals surface area contributed by atoms with Crippen LogP contribution >= 0.6 is 0 Å². The van der Waals surface area contributed by atoms with Crippen LogP contribution in [0.4, 0.5) is 0 Å². The Kier molecular flexibility index (Phi) is 10.7. The minimum atomic E-state index is -5.55. The topological polar surface area (TPSA) is 35.5 Å². The summed E-state index contributed by atoms with van der Waals surface area (Å²) in [5, 5.41) is 0. The van der Waals surface area contributed by atoms with E-state index in [0.717, 1.165) is 12.8 Å². The van der Waals surface area contributed by atoms with E-state index in [-0.39, 0.29) is 0 Å². The molecule has 0 radical (unpaired) electrons. The molecule has 0 atom stereocenters. The van der Waals surface area contributed by atoms with Gasteiger partial charge in [0, 0.05) is 0 Å². The van der Waals surface area contributed by atoms with Gasteiger partial charge in [-0.05, 0) is 0 Å². The van der Waals surface area contributed by atoms with Gasteiger partial charge >= 0.3 is 201 Å². The molecule has 0 heterocycles. The molecule has 4 heteroatoms. The van der Waals surface area contributed by atoms with E-state index in [1.807, 2.05) is 91.0 Å². The third-order valence-electron chi connectivity index (χ3n) is 6.45. The Morgan fingerprint density at radius 2 is 0.971 bits per heavy atom. The van der Waals surface area contributed by atoms with Crippen molar-refractivity contribution < 1.29 is 26.0 Å². The molecule has 3 aromatic rings. The number of para-hydroxylation sites is 1. The van der Waals surface area contributed by atoms with Gasteiger partial charge in [0.15, 0.2) is 0 Å². The zero-order chi connectivity index (χ0) is 24.0. The fourth-order valence-corrected chi connectivity index (χ4v) is 10.1. The van der Waals surface area contributed by atoms with Crippen molar-refractivity contribution in [2.75, 3.05) is 6.61 Å². The maximum atomic E-state index is 15.3. The Balaban J connectivity index is 1.71. The van der Waals surface area contributed by atoms with Crippen molar-refractivity contribution in [3.05, 3.63) is 91.0 Å². The monoisotopic (exact) mass is 496 g/mol. The first-order chi connectivity index (χ1) is 16.7. The van der Waals surface area contributed by atoms with Crippen LogP contribution < -0.4 is 11.1 Å². The molecule has 3 nitrogen and oxygen atoms in total. The molecule has 34 heavy (non-hydrogen) atoms. The Morgan fingerprint density at radius 1 is 0.559 bits per heavy atom. The van der Waals surface area contributed by atoms with E-state index >= 15 is 3.32 Å². The first-order valence-electron chi connectivity index (χ1n) is 13.0. The quantitative estimate of drug-likeness (QED) is 0.152. The van der Waals surface area contributed by atoms with Crippen molar-refractivity contribution in [2.24, 2.45) is 0 Å². The van der Waals surface area contributed by atoms with Gasteiger partial charge in [-0.2, -0.15) is 0 Å². The van der Waals surface area contributed by atoms with Crippen molar-refractivity contribution in [3.8, 4) is 5.75 Å². The normalized spacial score (nSPS) is 11.9.